The van der Waals surface area contributed by atoms with Crippen molar-refractivity contribution in [3.63, 3.8) is 0 Å². The molecule has 0 bridgehead atoms. The van der Waals surface area contributed by atoms with Crippen molar-refractivity contribution in [2.24, 2.45) is 5.92 Å². The van der Waals surface area contributed by atoms with Crippen LogP contribution in [0.4, 0.5) is 0 Å². The lowest BCUT2D eigenvalue weighted by atomic mass is 9.80. The van der Waals surface area contributed by atoms with Gasteiger partial charge in [0.05, 0.1) is 12.0 Å². The molecule has 4 N–H and O–H groups in total. The number of aromatic amines is 1. The van der Waals surface area contributed by atoms with Gasteiger partial charge in [0.2, 0.25) is 0 Å². The van der Waals surface area contributed by atoms with E-state index in [2.05, 4.69) is 15.3 Å². The quantitative estimate of drug-likeness (QED) is 0.524. The Labute approximate surface area is 162 Å². The highest BCUT2D eigenvalue weighted by Gasteiger charge is 2.37. The molecule has 1 amide bonds. The second kappa shape index (κ2) is 7.44. The van der Waals surface area contributed by atoms with Crippen LogP contribution in [0.2, 0.25) is 0 Å². The Morgan fingerprint density at radius 2 is 1.79 bits per heavy atom. The third-order valence-electron chi connectivity index (χ3n) is 4.98. The molecular formula is C21H23N3O4. The summed E-state index contributed by atoms with van der Waals surface area (Å²) in [7, 11) is 0. The number of carboxylic acids is 1. The third-order valence-corrected chi connectivity index (χ3v) is 4.98. The lowest BCUT2D eigenvalue weighted by Crippen LogP contribution is -2.38. The number of carboxylic acid groups (broad SMARTS) is 1. The van der Waals surface area contributed by atoms with Crippen LogP contribution in [0.15, 0.2) is 48.9 Å². The van der Waals surface area contributed by atoms with Gasteiger partial charge >= 0.3 is 5.97 Å². The van der Waals surface area contributed by atoms with E-state index in [-0.39, 0.29) is 5.92 Å². The molecule has 2 atom stereocenters. The fraction of sp³-hybridized carbons (Fsp3) is 0.286. The zero-order valence-electron chi connectivity index (χ0n) is 15.9. The van der Waals surface area contributed by atoms with Crippen LogP contribution >= 0.6 is 0 Å². The summed E-state index contributed by atoms with van der Waals surface area (Å²) >= 11 is 0. The summed E-state index contributed by atoms with van der Waals surface area (Å²) in [6, 6.07) is 9.68. The highest BCUT2D eigenvalue weighted by atomic mass is 16.4. The van der Waals surface area contributed by atoms with Gasteiger partial charge in [-0.1, -0.05) is 32.0 Å². The first-order chi connectivity index (χ1) is 13.2. The SMILES string of the molecule is CC(C)C(O)(c1ccc2cc(C(=O)N[C@@H](C)C(=O)O)ccc2c1)c1c[nH]cn1. The van der Waals surface area contributed by atoms with Gasteiger partial charge < -0.3 is 20.5 Å². The zero-order chi connectivity index (χ0) is 20.5. The Bertz CT molecular complexity index is 1010. The van der Waals surface area contributed by atoms with Gasteiger partial charge in [0.15, 0.2) is 0 Å². The first-order valence-corrected chi connectivity index (χ1v) is 9.03. The predicted molar refractivity (Wildman–Crippen MR) is 105 cm³/mol. The molecule has 3 aromatic rings. The van der Waals surface area contributed by atoms with Gasteiger partial charge in [-0.05, 0) is 47.4 Å². The first kappa shape index (κ1) is 19.6. The van der Waals surface area contributed by atoms with Crippen LogP contribution < -0.4 is 5.32 Å². The van der Waals surface area contributed by atoms with Crippen LogP contribution in [0.1, 0.15) is 42.4 Å². The van der Waals surface area contributed by atoms with E-state index in [1.54, 1.807) is 24.4 Å². The normalized spacial score (nSPS) is 14.6. The van der Waals surface area contributed by atoms with Crippen LogP contribution in [0.25, 0.3) is 10.8 Å². The predicted octanol–water partition coefficient (Wildman–Crippen LogP) is 2.66. The van der Waals surface area contributed by atoms with Gasteiger partial charge in [-0.25, -0.2) is 4.98 Å². The van der Waals surface area contributed by atoms with Crippen LogP contribution in [-0.4, -0.2) is 38.1 Å². The molecule has 0 aliphatic heterocycles. The van der Waals surface area contributed by atoms with Gasteiger partial charge in [-0.2, -0.15) is 0 Å². The molecule has 0 spiro atoms. The average molecular weight is 381 g/mol. The van der Waals surface area contributed by atoms with Gasteiger partial charge in [-0.15, -0.1) is 0 Å². The van der Waals surface area contributed by atoms with Gasteiger partial charge in [0.1, 0.15) is 11.6 Å². The minimum absolute atomic E-state index is 0.115. The maximum atomic E-state index is 12.2. The molecule has 3 rings (SSSR count). The van der Waals surface area contributed by atoms with Crippen LogP contribution in [0.3, 0.4) is 0 Å². The number of amides is 1. The van der Waals surface area contributed by atoms with Crippen molar-refractivity contribution in [1.82, 2.24) is 15.3 Å². The molecule has 0 fully saturated rings. The van der Waals surface area contributed by atoms with Crippen molar-refractivity contribution in [3.8, 4) is 0 Å². The largest absolute Gasteiger partial charge is 0.480 e. The summed E-state index contributed by atoms with van der Waals surface area (Å²) in [4.78, 5) is 30.3. The van der Waals surface area contributed by atoms with E-state index in [1.807, 2.05) is 32.0 Å². The number of aliphatic carboxylic acids is 1. The standard InChI is InChI=1S/C21H23N3O4/c1-12(2)21(28,18-10-22-11-23-18)17-7-6-14-8-16(5-4-15(14)9-17)19(25)24-13(3)20(26)27/h4-13,28H,1-3H3,(H,22,23)(H,24,25)(H,26,27)/t13-,21?/m0/s1. The maximum Gasteiger partial charge on any atom is 0.325 e. The highest BCUT2D eigenvalue weighted by Crippen LogP contribution is 2.36. The fourth-order valence-electron chi connectivity index (χ4n) is 3.21. The minimum atomic E-state index is -1.25. The maximum absolute atomic E-state index is 12.2. The summed E-state index contributed by atoms with van der Waals surface area (Å²) < 4.78 is 0. The summed E-state index contributed by atoms with van der Waals surface area (Å²) in [5.41, 5.74) is 0.375. The molecular weight excluding hydrogens is 358 g/mol. The summed E-state index contributed by atoms with van der Waals surface area (Å²) in [5, 5.41) is 24.4. The van der Waals surface area contributed by atoms with E-state index in [9.17, 15) is 14.7 Å². The van der Waals surface area contributed by atoms with Crippen molar-refractivity contribution in [3.05, 3.63) is 65.7 Å². The number of carbonyl (C=O) groups excluding carboxylic acids is 1. The molecule has 0 saturated heterocycles. The Balaban J connectivity index is 1.97. The first-order valence-electron chi connectivity index (χ1n) is 9.03. The van der Waals surface area contributed by atoms with Gasteiger partial charge in [-0.3, -0.25) is 9.59 Å². The van der Waals surface area contributed by atoms with Crippen molar-refractivity contribution >= 4 is 22.6 Å². The Hall–Kier alpha value is -3.19. The Morgan fingerprint density at radius 3 is 2.39 bits per heavy atom. The fourth-order valence-corrected chi connectivity index (χ4v) is 3.21. The number of imidazole rings is 1. The second-order valence-corrected chi connectivity index (χ2v) is 7.19. The zero-order valence-corrected chi connectivity index (χ0v) is 15.9. The minimum Gasteiger partial charge on any atom is -0.480 e. The number of aliphatic hydroxyl groups is 1. The summed E-state index contributed by atoms with van der Waals surface area (Å²) in [5.74, 6) is -1.66. The molecule has 146 valence electrons. The monoisotopic (exact) mass is 381 g/mol. The number of nitrogens with one attached hydrogen (secondary N) is 2. The number of rotatable bonds is 6. The molecule has 28 heavy (non-hydrogen) atoms. The van der Waals surface area contributed by atoms with Crippen molar-refractivity contribution in [2.75, 3.05) is 0 Å². The van der Waals surface area contributed by atoms with E-state index < -0.39 is 23.5 Å². The third kappa shape index (κ3) is 3.48. The van der Waals surface area contributed by atoms with Crippen molar-refractivity contribution < 1.29 is 19.8 Å². The van der Waals surface area contributed by atoms with E-state index >= 15 is 0 Å². The van der Waals surface area contributed by atoms with Crippen molar-refractivity contribution in [1.29, 1.82) is 0 Å². The molecule has 7 heteroatoms. The summed E-state index contributed by atoms with van der Waals surface area (Å²) in [6.07, 6.45) is 3.22. The molecule has 7 nitrogen and oxygen atoms in total. The number of carbonyl (C=O) groups is 2. The number of fused-ring (bicyclic) bond motifs is 1. The molecule has 0 aliphatic rings. The van der Waals surface area contributed by atoms with Crippen LogP contribution in [0.5, 0.6) is 0 Å². The number of H-pyrrole nitrogens is 1. The second-order valence-electron chi connectivity index (χ2n) is 7.19. The molecule has 1 unspecified atom stereocenters. The molecule has 2 aromatic carbocycles. The van der Waals surface area contributed by atoms with Crippen molar-refractivity contribution in [2.45, 2.75) is 32.4 Å². The Morgan fingerprint density at radius 1 is 1.11 bits per heavy atom. The number of nitrogens with zero attached hydrogens (tertiary/aromatic N) is 1. The average Bonchev–Trinajstić information content (AvgIpc) is 3.21. The van der Waals surface area contributed by atoms with Crippen LogP contribution in [-0.2, 0) is 10.4 Å². The van der Waals surface area contributed by atoms with E-state index in [0.29, 0.717) is 16.8 Å². The van der Waals surface area contributed by atoms with Gasteiger partial charge in [0, 0.05) is 11.8 Å². The topological polar surface area (TPSA) is 115 Å². The lowest BCUT2D eigenvalue weighted by molar-refractivity contribution is -0.138. The number of hydrogen-bond donors (Lipinski definition) is 4. The number of benzene rings is 2. The van der Waals surface area contributed by atoms with E-state index in [1.165, 1.54) is 13.3 Å². The summed E-state index contributed by atoms with van der Waals surface area (Å²) in [6.45, 7) is 5.27. The Kier molecular flexibility index (Phi) is 5.20. The lowest BCUT2D eigenvalue weighted by Gasteiger charge is -2.31. The van der Waals surface area contributed by atoms with E-state index in [4.69, 9.17) is 5.11 Å². The molecule has 0 saturated carbocycles. The highest BCUT2D eigenvalue weighted by molar-refractivity contribution is 6.00. The number of hydrogen-bond acceptors (Lipinski definition) is 4. The van der Waals surface area contributed by atoms with E-state index in [0.717, 1.165) is 10.8 Å². The molecule has 0 aliphatic carbocycles. The van der Waals surface area contributed by atoms with Crippen LogP contribution in [0, 0.1) is 5.92 Å². The molecule has 1 aromatic heterocycles. The van der Waals surface area contributed by atoms with Gasteiger partial charge in [0.25, 0.3) is 5.91 Å². The molecule has 1 heterocycles. The molecule has 0 radical (unpaired) electrons. The number of aromatic nitrogens is 2. The smallest absolute Gasteiger partial charge is 0.325 e.